The second kappa shape index (κ2) is 9.29. The van der Waals surface area contributed by atoms with Gasteiger partial charge in [-0.25, -0.2) is 0 Å². The van der Waals surface area contributed by atoms with Gasteiger partial charge in [-0.15, -0.1) is 0 Å². The first-order valence-corrected chi connectivity index (χ1v) is 6.72. The van der Waals surface area contributed by atoms with Crippen LogP contribution in [0.5, 0.6) is 0 Å². The predicted octanol–water partition coefficient (Wildman–Crippen LogP) is 5.90. The Morgan fingerprint density at radius 3 is 2.22 bits per heavy atom. The Morgan fingerprint density at radius 1 is 1.06 bits per heavy atom. The number of H-pyrrole nitrogens is 1. The highest BCUT2D eigenvalue weighted by molar-refractivity contribution is 5.92. The maximum absolute atomic E-state index is 3.84. The van der Waals surface area contributed by atoms with E-state index in [0.29, 0.717) is 0 Å². The van der Waals surface area contributed by atoms with Crippen LogP contribution in [0.4, 0.5) is 0 Å². The second-order valence-corrected chi connectivity index (χ2v) is 3.20. The van der Waals surface area contributed by atoms with Crippen LogP contribution < -0.4 is 0 Å². The van der Waals surface area contributed by atoms with Crippen LogP contribution in [-0.2, 0) is 0 Å². The molecular formula is C17H25N. The summed E-state index contributed by atoms with van der Waals surface area (Å²) in [6, 6.07) is 8.26. The first-order chi connectivity index (χ1) is 8.86. The number of allylic oxidation sites excluding steroid dienone is 1. The van der Waals surface area contributed by atoms with Crippen LogP contribution in [0.1, 0.15) is 45.9 Å². The number of aromatic amines is 1. The minimum absolute atomic E-state index is 1.13. The summed E-state index contributed by atoms with van der Waals surface area (Å²) in [6.45, 7) is 13.9. The molecule has 1 nitrogen and oxygen atoms in total. The van der Waals surface area contributed by atoms with Crippen molar-refractivity contribution in [1.29, 1.82) is 0 Å². The van der Waals surface area contributed by atoms with Gasteiger partial charge in [0.05, 0.1) is 0 Å². The number of nitrogens with one attached hydrogen (secondary N) is 1. The van der Waals surface area contributed by atoms with Gasteiger partial charge in [-0.3, -0.25) is 0 Å². The minimum atomic E-state index is 1.13. The Balaban J connectivity index is 0.000000659. The van der Waals surface area contributed by atoms with Gasteiger partial charge in [0.25, 0.3) is 0 Å². The van der Waals surface area contributed by atoms with E-state index in [4.69, 9.17) is 0 Å². The summed E-state index contributed by atoms with van der Waals surface area (Å²) >= 11 is 0. The summed E-state index contributed by atoms with van der Waals surface area (Å²) in [7, 11) is 0. The summed E-state index contributed by atoms with van der Waals surface area (Å²) in [5.74, 6) is 0. The van der Waals surface area contributed by atoms with Gasteiger partial charge in [0.15, 0.2) is 0 Å². The number of para-hydroxylation sites is 1. The molecule has 1 heteroatoms. The van der Waals surface area contributed by atoms with Gasteiger partial charge in [0.2, 0.25) is 0 Å². The number of benzene rings is 1. The van der Waals surface area contributed by atoms with E-state index in [1.165, 1.54) is 10.9 Å². The average Bonchev–Trinajstić information content (AvgIpc) is 2.81. The normalized spacial score (nSPS) is 9.39. The Hall–Kier alpha value is -1.76. The molecule has 0 spiro atoms. The highest BCUT2D eigenvalue weighted by atomic mass is 14.7. The molecule has 98 valence electrons. The summed E-state index contributed by atoms with van der Waals surface area (Å²) in [4.78, 5) is 3.36. The summed E-state index contributed by atoms with van der Waals surface area (Å²) in [5.41, 5.74) is 3.47. The van der Waals surface area contributed by atoms with Crippen LogP contribution >= 0.6 is 0 Å². The van der Waals surface area contributed by atoms with Gasteiger partial charge < -0.3 is 4.98 Å². The van der Waals surface area contributed by atoms with Crippen molar-refractivity contribution < 1.29 is 0 Å². The van der Waals surface area contributed by atoms with Gasteiger partial charge >= 0.3 is 0 Å². The zero-order valence-electron chi connectivity index (χ0n) is 12.2. The largest absolute Gasteiger partial charge is 0.355 e. The molecule has 0 bridgehead atoms. The van der Waals surface area contributed by atoms with Gasteiger partial charge in [0, 0.05) is 22.2 Å². The molecule has 1 aromatic heterocycles. The lowest BCUT2D eigenvalue weighted by molar-refractivity contribution is 1.42. The van der Waals surface area contributed by atoms with Crippen molar-refractivity contribution in [2.45, 2.75) is 34.6 Å². The predicted molar refractivity (Wildman–Crippen MR) is 85.8 cm³/mol. The second-order valence-electron chi connectivity index (χ2n) is 3.20. The molecule has 0 saturated carbocycles. The molecule has 0 radical (unpaired) electrons. The maximum atomic E-state index is 3.84. The molecule has 0 aliphatic rings. The first kappa shape index (κ1) is 16.2. The Bertz CT molecular complexity index is 489. The van der Waals surface area contributed by atoms with Crippen molar-refractivity contribution in [3.63, 3.8) is 0 Å². The molecule has 0 saturated heterocycles. The Morgan fingerprint density at radius 2 is 1.67 bits per heavy atom. The topological polar surface area (TPSA) is 15.8 Å². The lowest BCUT2D eigenvalue weighted by atomic mass is 10.1. The van der Waals surface area contributed by atoms with Crippen LogP contribution in [0.2, 0.25) is 0 Å². The molecule has 1 heterocycles. The quantitative estimate of drug-likeness (QED) is 0.676. The number of hydrogen-bond acceptors (Lipinski definition) is 0. The average molecular weight is 243 g/mol. The van der Waals surface area contributed by atoms with Crippen molar-refractivity contribution in [2.24, 2.45) is 0 Å². The molecule has 0 unspecified atom stereocenters. The van der Waals surface area contributed by atoms with Crippen LogP contribution in [0.25, 0.3) is 23.1 Å². The van der Waals surface area contributed by atoms with Crippen LogP contribution in [0.3, 0.4) is 0 Å². The number of aromatic nitrogens is 1. The van der Waals surface area contributed by atoms with Crippen molar-refractivity contribution in [3.05, 3.63) is 48.2 Å². The zero-order chi connectivity index (χ0) is 14.0. The highest BCUT2D eigenvalue weighted by Crippen LogP contribution is 2.23. The van der Waals surface area contributed by atoms with Gasteiger partial charge in [-0.1, -0.05) is 64.6 Å². The monoisotopic (exact) mass is 243 g/mol. The van der Waals surface area contributed by atoms with Gasteiger partial charge in [-0.2, -0.15) is 0 Å². The van der Waals surface area contributed by atoms with Crippen molar-refractivity contribution in [1.82, 2.24) is 4.98 Å². The van der Waals surface area contributed by atoms with Crippen LogP contribution in [0.15, 0.2) is 36.9 Å². The Labute approximate surface area is 111 Å². The molecule has 0 aliphatic carbocycles. The molecule has 18 heavy (non-hydrogen) atoms. The molecule has 0 aliphatic heterocycles. The lowest BCUT2D eigenvalue weighted by Crippen LogP contribution is -1.73. The molecule has 0 amide bonds. The summed E-state index contributed by atoms with van der Waals surface area (Å²) in [5, 5.41) is 1.23. The van der Waals surface area contributed by atoms with Crippen molar-refractivity contribution in [2.75, 3.05) is 0 Å². The fraction of sp³-hybridized carbons (Fsp3) is 0.294. The fourth-order valence-electron chi connectivity index (χ4n) is 1.70. The van der Waals surface area contributed by atoms with Crippen molar-refractivity contribution >= 4 is 23.1 Å². The van der Waals surface area contributed by atoms with E-state index in [1.807, 2.05) is 58.9 Å². The van der Waals surface area contributed by atoms with E-state index in [-0.39, 0.29) is 0 Å². The van der Waals surface area contributed by atoms with E-state index >= 15 is 0 Å². The van der Waals surface area contributed by atoms with E-state index < -0.39 is 0 Å². The van der Waals surface area contributed by atoms with E-state index in [2.05, 4.69) is 29.8 Å². The van der Waals surface area contributed by atoms with Gasteiger partial charge in [-0.05, 0) is 19.1 Å². The molecular weight excluding hydrogens is 218 g/mol. The number of hydrogen-bond donors (Lipinski definition) is 1. The SMILES string of the molecule is C=Cc1c(/C=C\C)[nH]c2ccccc12.CC.CC. The van der Waals surface area contributed by atoms with E-state index in [9.17, 15) is 0 Å². The fourth-order valence-corrected chi connectivity index (χ4v) is 1.70. The number of fused-ring (bicyclic) bond motifs is 1. The molecule has 2 aromatic rings. The van der Waals surface area contributed by atoms with Crippen LogP contribution in [-0.4, -0.2) is 4.98 Å². The smallest absolute Gasteiger partial charge is 0.0464 e. The molecule has 1 aromatic carbocycles. The molecule has 2 rings (SSSR count). The zero-order valence-corrected chi connectivity index (χ0v) is 12.2. The van der Waals surface area contributed by atoms with E-state index in [1.54, 1.807) is 0 Å². The minimum Gasteiger partial charge on any atom is -0.355 e. The van der Waals surface area contributed by atoms with E-state index in [0.717, 1.165) is 11.2 Å². The summed E-state index contributed by atoms with van der Waals surface area (Å²) in [6.07, 6.45) is 5.99. The molecule has 1 N–H and O–H groups in total. The molecule has 0 atom stereocenters. The number of rotatable bonds is 2. The molecule has 0 fully saturated rings. The van der Waals surface area contributed by atoms with Crippen LogP contribution in [0, 0.1) is 0 Å². The third-order valence-corrected chi connectivity index (χ3v) is 2.31. The third kappa shape index (κ3) is 3.63. The van der Waals surface area contributed by atoms with Gasteiger partial charge in [0.1, 0.15) is 0 Å². The first-order valence-electron chi connectivity index (χ1n) is 6.72. The lowest BCUT2D eigenvalue weighted by Gasteiger charge is -1.91. The third-order valence-electron chi connectivity index (χ3n) is 2.31. The highest BCUT2D eigenvalue weighted by Gasteiger charge is 2.04. The summed E-state index contributed by atoms with van der Waals surface area (Å²) < 4.78 is 0. The maximum Gasteiger partial charge on any atom is 0.0464 e. The van der Waals surface area contributed by atoms with Crippen molar-refractivity contribution in [3.8, 4) is 0 Å². The standard InChI is InChI=1S/C13H13N.2C2H6/c1-3-7-12-10(4-2)11-8-5-6-9-13(11)14-12;2*1-2/h3-9,14H,2H2,1H3;2*1-2H3/b7-3-;;. The Kier molecular flexibility index (Phi) is 8.38.